The zero-order valence-electron chi connectivity index (χ0n) is 16.2. The highest BCUT2D eigenvalue weighted by atomic mass is 127. The lowest BCUT2D eigenvalue weighted by molar-refractivity contribution is 0.267. The quantitative estimate of drug-likeness (QED) is 0.173. The van der Waals surface area contributed by atoms with E-state index in [0.717, 1.165) is 20.3 Å². The van der Waals surface area contributed by atoms with E-state index in [1.807, 2.05) is 61.5 Å². The number of hydrogen-bond donors (Lipinski definition) is 0. The van der Waals surface area contributed by atoms with Gasteiger partial charge < -0.3 is 9.47 Å². The molecule has 30 heavy (non-hydrogen) atoms. The lowest BCUT2D eigenvalue weighted by atomic mass is 10.0. The molecule has 0 aliphatic rings. The Balaban J connectivity index is 1.92. The minimum absolute atomic E-state index is 0.286. The van der Waals surface area contributed by atoms with Crippen molar-refractivity contribution in [3.8, 4) is 17.6 Å². The fourth-order valence-electron chi connectivity index (χ4n) is 2.83. The number of nitrogens with zero attached hydrogens (tertiary/aromatic N) is 1. The third-order valence-corrected chi connectivity index (χ3v) is 5.62. The van der Waals surface area contributed by atoms with Gasteiger partial charge in [0.05, 0.1) is 21.8 Å². The van der Waals surface area contributed by atoms with Gasteiger partial charge in [-0.2, -0.15) is 5.26 Å². The first-order valence-corrected chi connectivity index (χ1v) is 11.1. The van der Waals surface area contributed by atoms with E-state index < -0.39 is 0 Å². The summed E-state index contributed by atoms with van der Waals surface area (Å²) >= 11 is 14.4. The smallest absolute Gasteiger partial charge is 0.175 e. The molecule has 0 heterocycles. The molecule has 3 nitrogen and oxygen atoms in total. The molecule has 0 fully saturated rings. The molecule has 3 aromatic carbocycles. The molecule has 0 aliphatic carbocycles. The molecular formula is C24H18Cl2INO2. The second-order valence-corrected chi connectivity index (χ2v) is 8.33. The van der Waals surface area contributed by atoms with Crippen molar-refractivity contribution in [2.75, 3.05) is 6.61 Å². The van der Waals surface area contributed by atoms with E-state index in [0.29, 0.717) is 33.7 Å². The lowest BCUT2D eigenvalue weighted by Gasteiger charge is -2.15. The van der Waals surface area contributed by atoms with E-state index in [1.165, 1.54) is 0 Å². The van der Waals surface area contributed by atoms with Gasteiger partial charge in [0.2, 0.25) is 0 Å². The summed E-state index contributed by atoms with van der Waals surface area (Å²) in [5, 5.41) is 10.7. The van der Waals surface area contributed by atoms with Crippen molar-refractivity contribution in [3.05, 3.63) is 91.0 Å². The Labute approximate surface area is 200 Å². The molecule has 0 aromatic heterocycles. The molecule has 152 valence electrons. The molecule has 0 radical (unpaired) electrons. The number of hydrogen-bond acceptors (Lipinski definition) is 3. The fourth-order valence-corrected chi connectivity index (χ4v) is 4.07. The van der Waals surface area contributed by atoms with Gasteiger partial charge in [-0.05, 0) is 71.0 Å². The number of allylic oxidation sites excluding steroid dienone is 1. The van der Waals surface area contributed by atoms with Crippen molar-refractivity contribution in [1.29, 1.82) is 5.26 Å². The van der Waals surface area contributed by atoms with Gasteiger partial charge in [-0.25, -0.2) is 0 Å². The monoisotopic (exact) mass is 549 g/mol. The summed E-state index contributed by atoms with van der Waals surface area (Å²) in [7, 11) is 0. The molecule has 0 spiro atoms. The number of rotatable bonds is 7. The van der Waals surface area contributed by atoms with Crippen LogP contribution < -0.4 is 9.47 Å². The van der Waals surface area contributed by atoms with E-state index in [9.17, 15) is 5.26 Å². The lowest BCUT2D eigenvalue weighted by Crippen LogP contribution is -2.02. The molecule has 0 amide bonds. The Morgan fingerprint density at radius 3 is 2.50 bits per heavy atom. The fraction of sp³-hybridized carbons (Fsp3) is 0.125. The van der Waals surface area contributed by atoms with Crippen LogP contribution in [0, 0.1) is 14.9 Å². The van der Waals surface area contributed by atoms with Gasteiger partial charge in [-0.15, -0.1) is 0 Å². The summed E-state index contributed by atoms with van der Waals surface area (Å²) in [6.07, 6.45) is 1.85. The maximum Gasteiger partial charge on any atom is 0.175 e. The molecule has 0 atom stereocenters. The van der Waals surface area contributed by atoms with Crippen molar-refractivity contribution < 1.29 is 9.47 Å². The predicted molar refractivity (Wildman–Crippen MR) is 131 cm³/mol. The zero-order valence-corrected chi connectivity index (χ0v) is 19.8. The van der Waals surface area contributed by atoms with E-state index in [1.54, 1.807) is 12.1 Å². The number of benzene rings is 3. The average molecular weight is 550 g/mol. The average Bonchev–Trinajstić information content (AvgIpc) is 2.73. The molecule has 0 saturated carbocycles. The van der Waals surface area contributed by atoms with Gasteiger partial charge in [0.25, 0.3) is 0 Å². The summed E-state index contributed by atoms with van der Waals surface area (Å²) in [5.41, 5.74) is 3.14. The minimum atomic E-state index is 0.286. The summed E-state index contributed by atoms with van der Waals surface area (Å²) in [6, 6.07) is 21.0. The first-order valence-electron chi connectivity index (χ1n) is 9.22. The van der Waals surface area contributed by atoms with Crippen molar-refractivity contribution in [2.24, 2.45) is 0 Å². The molecule has 0 N–H and O–H groups in total. The van der Waals surface area contributed by atoms with Crippen LogP contribution in [0.1, 0.15) is 23.6 Å². The molecule has 3 aromatic rings. The van der Waals surface area contributed by atoms with Gasteiger partial charge in [-0.1, -0.05) is 59.6 Å². The van der Waals surface area contributed by atoms with E-state index in [2.05, 4.69) is 28.7 Å². The van der Waals surface area contributed by atoms with Gasteiger partial charge in [-0.3, -0.25) is 0 Å². The molecule has 6 heteroatoms. The molecule has 0 aliphatic heterocycles. The van der Waals surface area contributed by atoms with Gasteiger partial charge in [0.15, 0.2) is 11.5 Å². The maximum atomic E-state index is 9.60. The maximum absolute atomic E-state index is 9.60. The Morgan fingerprint density at radius 2 is 1.83 bits per heavy atom. The third kappa shape index (κ3) is 5.69. The standard InChI is InChI=1S/C24H18Cl2INO2/c1-2-29-23-12-16(10-19(14-28)17-6-4-3-5-7-17)11-22(27)24(23)30-15-18-8-9-20(25)13-21(18)26/h3-13H,2,15H2,1H3/b19-10-. The van der Waals surface area contributed by atoms with Crippen LogP contribution in [-0.4, -0.2) is 6.61 Å². The summed E-state index contributed by atoms with van der Waals surface area (Å²) in [4.78, 5) is 0. The first-order chi connectivity index (χ1) is 14.5. The van der Waals surface area contributed by atoms with E-state index >= 15 is 0 Å². The van der Waals surface area contributed by atoms with E-state index in [4.69, 9.17) is 32.7 Å². The molecule has 0 saturated heterocycles. The largest absolute Gasteiger partial charge is 0.490 e. The molecule has 0 unspecified atom stereocenters. The summed E-state index contributed by atoms with van der Waals surface area (Å²) < 4.78 is 12.7. The highest BCUT2D eigenvalue weighted by Gasteiger charge is 2.14. The van der Waals surface area contributed by atoms with Gasteiger partial charge in [0, 0.05) is 15.6 Å². The number of ether oxygens (including phenoxy) is 2. The second-order valence-electron chi connectivity index (χ2n) is 6.32. The van der Waals surface area contributed by atoms with Crippen molar-refractivity contribution in [2.45, 2.75) is 13.5 Å². The number of nitriles is 1. The minimum Gasteiger partial charge on any atom is -0.490 e. The summed E-state index contributed by atoms with van der Waals surface area (Å²) in [6.45, 7) is 2.69. The zero-order chi connectivity index (χ0) is 21.5. The van der Waals surface area contributed by atoms with Crippen LogP contribution in [0.25, 0.3) is 11.6 Å². The topological polar surface area (TPSA) is 42.2 Å². The normalized spacial score (nSPS) is 11.1. The third-order valence-electron chi connectivity index (χ3n) is 4.24. The second kappa shape index (κ2) is 10.7. The Morgan fingerprint density at radius 1 is 1.07 bits per heavy atom. The highest BCUT2D eigenvalue weighted by molar-refractivity contribution is 14.1. The van der Waals surface area contributed by atoms with Crippen LogP contribution in [0.2, 0.25) is 10.0 Å². The van der Waals surface area contributed by atoms with Gasteiger partial charge >= 0.3 is 0 Å². The van der Waals surface area contributed by atoms with Crippen LogP contribution >= 0.6 is 45.8 Å². The Hall–Kier alpha value is -2.20. The van der Waals surface area contributed by atoms with Crippen LogP contribution in [-0.2, 0) is 6.61 Å². The predicted octanol–water partition coefficient (Wildman–Crippen LogP) is 7.64. The molecule has 3 rings (SSSR count). The van der Waals surface area contributed by atoms with Crippen LogP contribution in [0.3, 0.4) is 0 Å². The van der Waals surface area contributed by atoms with Crippen LogP contribution in [0.4, 0.5) is 0 Å². The van der Waals surface area contributed by atoms with Gasteiger partial charge in [0.1, 0.15) is 6.61 Å². The molecular weight excluding hydrogens is 532 g/mol. The van der Waals surface area contributed by atoms with Crippen LogP contribution in [0.15, 0.2) is 60.7 Å². The van der Waals surface area contributed by atoms with Crippen molar-refractivity contribution in [3.63, 3.8) is 0 Å². The number of halogens is 3. The SMILES string of the molecule is CCOc1cc(/C=C(/C#N)c2ccccc2)cc(I)c1OCc1ccc(Cl)cc1Cl. The first kappa shape index (κ1) is 22.5. The van der Waals surface area contributed by atoms with E-state index in [-0.39, 0.29) is 6.61 Å². The Bertz CT molecular complexity index is 1110. The van der Waals surface area contributed by atoms with Crippen molar-refractivity contribution in [1.82, 2.24) is 0 Å². The van der Waals surface area contributed by atoms with Crippen molar-refractivity contribution >= 4 is 57.4 Å². The highest BCUT2D eigenvalue weighted by Crippen LogP contribution is 2.36. The summed E-state index contributed by atoms with van der Waals surface area (Å²) in [5.74, 6) is 1.25. The Kier molecular flexibility index (Phi) is 8.03. The molecule has 0 bridgehead atoms. The van der Waals surface area contributed by atoms with Crippen LogP contribution in [0.5, 0.6) is 11.5 Å².